The predicted molar refractivity (Wildman–Crippen MR) is 117 cm³/mol. The molecule has 0 aliphatic rings. The Morgan fingerprint density at radius 3 is 2.55 bits per heavy atom. The number of benzene rings is 3. The predicted octanol–water partition coefficient (Wildman–Crippen LogP) is 5.74. The Hall–Kier alpha value is -2.67. The highest BCUT2D eigenvalue weighted by Crippen LogP contribution is 2.23. The second kappa shape index (κ2) is 9.69. The zero-order valence-electron chi connectivity index (χ0n) is 14.7. The van der Waals surface area contributed by atoms with Crippen molar-refractivity contribution in [1.29, 1.82) is 0 Å². The van der Waals surface area contributed by atoms with Gasteiger partial charge in [0.25, 0.3) is 5.91 Å². The normalized spacial score (nSPS) is 10.7. The SMILES string of the molecule is O=C(N/N=C\c1cccc(OC(=O)c2ccc(Cl)cc2Cl)c1)c1cccc(Br)c1. The van der Waals surface area contributed by atoms with Crippen molar-refractivity contribution in [3.63, 3.8) is 0 Å². The fraction of sp³-hybridized carbons (Fsp3) is 0. The number of carbonyl (C=O) groups excluding carboxylic acids is 2. The van der Waals surface area contributed by atoms with Crippen molar-refractivity contribution in [2.24, 2.45) is 5.10 Å². The van der Waals surface area contributed by atoms with Crippen molar-refractivity contribution in [3.05, 3.63) is 97.9 Å². The summed E-state index contributed by atoms with van der Waals surface area (Å²) in [5.74, 6) is -0.644. The lowest BCUT2D eigenvalue weighted by Gasteiger charge is -2.07. The Labute approximate surface area is 185 Å². The first kappa shape index (κ1) is 21.0. The molecule has 3 aromatic carbocycles. The highest BCUT2D eigenvalue weighted by molar-refractivity contribution is 9.10. The van der Waals surface area contributed by atoms with Gasteiger partial charge in [-0.1, -0.05) is 57.3 Å². The number of hydrogen-bond acceptors (Lipinski definition) is 4. The van der Waals surface area contributed by atoms with Crippen LogP contribution in [0.1, 0.15) is 26.3 Å². The van der Waals surface area contributed by atoms with E-state index in [4.69, 9.17) is 27.9 Å². The maximum atomic E-state index is 12.3. The van der Waals surface area contributed by atoms with Crippen LogP contribution in [-0.2, 0) is 0 Å². The molecule has 0 saturated heterocycles. The molecule has 1 amide bonds. The lowest BCUT2D eigenvalue weighted by molar-refractivity contribution is 0.0734. The van der Waals surface area contributed by atoms with Crippen LogP contribution in [0.25, 0.3) is 0 Å². The van der Waals surface area contributed by atoms with Crippen LogP contribution in [0.2, 0.25) is 10.0 Å². The quantitative estimate of drug-likeness (QED) is 0.214. The third kappa shape index (κ3) is 5.90. The molecule has 0 atom stereocenters. The van der Waals surface area contributed by atoms with E-state index in [1.54, 1.807) is 48.5 Å². The average molecular weight is 492 g/mol. The lowest BCUT2D eigenvalue weighted by atomic mass is 10.2. The molecule has 0 bridgehead atoms. The first-order valence-corrected chi connectivity index (χ1v) is 9.83. The molecular weight excluding hydrogens is 479 g/mol. The van der Waals surface area contributed by atoms with Gasteiger partial charge < -0.3 is 4.74 Å². The Morgan fingerprint density at radius 1 is 1.00 bits per heavy atom. The van der Waals surface area contributed by atoms with Crippen LogP contribution in [0.3, 0.4) is 0 Å². The number of hydrazone groups is 1. The number of carbonyl (C=O) groups is 2. The first-order chi connectivity index (χ1) is 13.9. The lowest BCUT2D eigenvalue weighted by Crippen LogP contribution is -2.17. The largest absolute Gasteiger partial charge is 0.423 e. The fourth-order valence-corrected chi connectivity index (χ4v) is 3.22. The molecule has 0 spiro atoms. The van der Waals surface area contributed by atoms with E-state index in [9.17, 15) is 9.59 Å². The van der Waals surface area contributed by atoms with Gasteiger partial charge in [0.05, 0.1) is 16.8 Å². The molecule has 5 nitrogen and oxygen atoms in total. The van der Waals surface area contributed by atoms with E-state index in [1.807, 2.05) is 6.07 Å². The molecule has 0 aliphatic heterocycles. The maximum Gasteiger partial charge on any atom is 0.345 e. The molecular formula is C21H13BrCl2N2O3. The van der Waals surface area contributed by atoms with Crippen molar-refractivity contribution >= 4 is 57.2 Å². The standard InChI is InChI=1S/C21H13BrCl2N2O3/c22-15-5-2-4-14(10-15)20(27)26-25-12-13-3-1-6-17(9-13)29-21(28)18-8-7-16(23)11-19(18)24/h1-12H,(H,26,27)/b25-12-. The van der Waals surface area contributed by atoms with Gasteiger partial charge in [-0.05, 0) is 54.1 Å². The topological polar surface area (TPSA) is 67.8 Å². The van der Waals surface area contributed by atoms with Gasteiger partial charge in [-0.15, -0.1) is 0 Å². The summed E-state index contributed by atoms with van der Waals surface area (Å²) >= 11 is 15.2. The molecule has 0 unspecified atom stereocenters. The third-order valence-electron chi connectivity index (χ3n) is 3.69. The Balaban J connectivity index is 1.65. The van der Waals surface area contributed by atoms with Crippen molar-refractivity contribution in [2.45, 2.75) is 0 Å². The number of rotatable bonds is 5. The van der Waals surface area contributed by atoms with E-state index >= 15 is 0 Å². The number of nitrogens with zero attached hydrogens (tertiary/aromatic N) is 1. The van der Waals surface area contributed by atoms with Crippen LogP contribution in [0.4, 0.5) is 0 Å². The maximum absolute atomic E-state index is 12.3. The molecule has 3 rings (SSSR count). The summed E-state index contributed by atoms with van der Waals surface area (Å²) in [6.45, 7) is 0. The minimum absolute atomic E-state index is 0.204. The second-order valence-corrected chi connectivity index (χ2v) is 7.55. The highest BCUT2D eigenvalue weighted by Gasteiger charge is 2.13. The van der Waals surface area contributed by atoms with Crippen molar-refractivity contribution < 1.29 is 14.3 Å². The summed E-state index contributed by atoms with van der Waals surface area (Å²) in [5.41, 5.74) is 3.75. The molecule has 29 heavy (non-hydrogen) atoms. The molecule has 0 saturated carbocycles. The van der Waals surface area contributed by atoms with Crippen molar-refractivity contribution in [1.82, 2.24) is 5.43 Å². The van der Waals surface area contributed by atoms with Gasteiger partial charge in [0.15, 0.2) is 0 Å². The van der Waals surface area contributed by atoms with Gasteiger partial charge in [0.2, 0.25) is 0 Å². The van der Waals surface area contributed by atoms with Crippen LogP contribution in [-0.4, -0.2) is 18.1 Å². The minimum Gasteiger partial charge on any atom is -0.423 e. The van der Waals surface area contributed by atoms with Crippen LogP contribution in [0, 0.1) is 0 Å². The monoisotopic (exact) mass is 490 g/mol. The van der Waals surface area contributed by atoms with E-state index in [2.05, 4.69) is 26.5 Å². The molecule has 0 aromatic heterocycles. The van der Waals surface area contributed by atoms with E-state index in [1.165, 1.54) is 18.3 Å². The molecule has 0 aliphatic carbocycles. The van der Waals surface area contributed by atoms with Crippen LogP contribution in [0.5, 0.6) is 5.75 Å². The van der Waals surface area contributed by atoms with E-state index < -0.39 is 5.97 Å². The first-order valence-electron chi connectivity index (χ1n) is 8.28. The molecule has 146 valence electrons. The summed E-state index contributed by atoms with van der Waals surface area (Å²) in [6.07, 6.45) is 1.45. The van der Waals surface area contributed by atoms with Crippen LogP contribution >= 0.6 is 39.1 Å². The fourth-order valence-electron chi connectivity index (χ4n) is 2.34. The zero-order valence-corrected chi connectivity index (χ0v) is 17.8. The Morgan fingerprint density at radius 2 is 1.79 bits per heavy atom. The van der Waals surface area contributed by atoms with Gasteiger partial charge in [0, 0.05) is 15.1 Å². The number of esters is 1. The molecule has 3 aromatic rings. The molecule has 0 fully saturated rings. The molecule has 0 heterocycles. The van der Waals surface area contributed by atoms with Gasteiger partial charge in [-0.3, -0.25) is 4.79 Å². The van der Waals surface area contributed by atoms with E-state index in [0.29, 0.717) is 21.9 Å². The number of ether oxygens (including phenoxy) is 1. The van der Waals surface area contributed by atoms with Gasteiger partial charge in [-0.25, -0.2) is 10.2 Å². The number of hydrogen-bond donors (Lipinski definition) is 1. The number of amides is 1. The van der Waals surface area contributed by atoms with Crippen LogP contribution < -0.4 is 10.2 Å². The van der Waals surface area contributed by atoms with Gasteiger partial charge >= 0.3 is 5.97 Å². The average Bonchev–Trinajstić information content (AvgIpc) is 2.68. The van der Waals surface area contributed by atoms with Crippen molar-refractivity contribution in [2.75, 3.05) is 0 Å². The molecule has 8 heteroatoms. The smallest absolute Gasteiger partial charge is 0.345 e. The summed E-state index contributed by atoms with van der Waals surface area (Å²) in [5, 5.41) is 4.56. The number of nitrogens with one attached hydrogen (secondary N) is 1. The molecule has 1 N–H and O–H groups in total. The number of halogens is 3. The van der Waals surface area contributed by atoms with E-state index in [-0.39, 0.29) is 16.5 Å². The Bertz CT molecular complexity index is 1100. The molecule has 0 radical (unpaired) electrons. The summed E-state index contributed by atoms with van der Waals surface area (Å²) < 4.78 is 6.15. The highest BCUT2D eigenvalue weighted by atomic mass is 79.9. The third-order valence-corrected chi connectivity index (χ3v) is 4.73. The summed E-state index contributed by atoms with van der Waals surface area (Å²) in [6, 6.07) is 18.1. The minimum atomic E-state index is -0.608. The zero-order chi connectivity index (χ0) is 20.8. The van der Waals surface area contributed by atoms with Crippen LogP contribution in [0.15, 0.2) is 76.3 Å². The van der Waals surface area contributed by atoms with E-state index in [0.717, 1.165) is 4.47 Å². The second-order valence-electron chi connectivity index (χ2n) is 5.80. The van der Waals surface area contributed by atoms with Gasteiger partial charge in [-0.2, -0.15) is 5.10 Å². The Kier molecular flexibility index (Phi) is 7.04. The van der Waals surface area contributed by atoms with Gasteiger partial charge in [0.1, 0.15) is 5.75 Å². The van der Waals surface area contributed by atoms with Crippen molar-refractivity contribution in [3.8, 4) is 5.75 Å². The summed E-state index contributed by atoms with van der Waals surface area (Å²) in [4.78, 5) is 24.4. The summed E-state index contributed by atoms with van der Waals surface area (Å²) in [7, 11) is 0.